The predicted octanol–water partition coefficient (Wildman–Crippen LogP) is 0.504. The standard InChI is InChI=1S/C10H21NO2S/c1-8(2)10(12)7-11-9-3-5-14(13)6-4-9/h8-12H,3-7H2,1-2H3. The molecule has 1 aliphatic rings. The molecule has 0 spiro atoms. The van der Waals surface area contributed by atoms with E-state index in [9.17, 15) is 9.32 Å². The molecule has 84 valence electrons. The van der Waals surface area contributed by atoms with E-state index in [0.29, 0.717) is 18.5 Å². The first-order valence-corrected chi connectivity index (χ1v) is 6.85. The van der Waals surface area contributed by atoms with Gasteiger partial charge in [-0.05, 0) is 18.8 Å². The molecule has 1 atom stereocenters. The highest BCUT2D eigenvalue weighted by Crippen LogP contribution is 2.09. The summed E-state index contributed by atoms with van der Waals surface area (Å²) in [5.41, 5.74) is 0. The lowest BCUT2D eigenvalue weighted by atomic mass is 10.1. The number of aliphatic hydroxyl groups excluding tert-OH is 1. The molecular weight excluding hydrogens is 198 g/mol. The average Bonchev–Trinajstić information content (AvgIpc) is 2.16. The second-order valence-electron chi connectivity index (χ2n) is 4.34. The van der Waals surface area contributed by atoms with Crippen molar-refractivity contribution in [1.29, 1.82) is 0 Å². The van der Waals surface area contributed by atoms with Crippen molar-refractivity contribution in [1.82, 2.24) is 5.32 Å². The lowest BCUT2D eigenvalue weighted by Crippen LogP contribution is -2.41. The smallest absolute Gasteiger partial charge is 0.0687 e. The number of hydrogen-bond donors (Lipinski definition) is 2. The third-order valence-corrected chi connectivity index (χ3v) is 4.16. The van der Waals surface area contributed by atoms with Crippen LogP contribution in [0.3, 0.4) is 0 Å². The Hall–Kier alpha value is 0.0700. The number of nitrogens with one attached hydrogen (secondary N) is 1. The fourth-order valence-electron chi connectivity index (χ4n) is 1.52. The Labute approximate surface area is 88.7 Å². The van der Waals surface area contributed by atoms with Gasteiger partial charge in [0.2, 0.25) is 0 Å². The van der Waals surface area contributed by atoms with Gasteiger partial charge in [-0.25, -0.2) is 0 Å². The quantitative estimate of drug-likeness (QED) is 0.724. The van der Waals surface area contributed by atoms with Gasteiger partial charge in [0.1, 0.15) is 0 Å². The van der Waals surface area contributed by atoms with E-state index in [1.54, 1.807) is 0 Å². The Morgan fingerprint density at radius 3 is 2.50 bits per heavy atom. The summed E-state index contributed by atoms with van der Waals surface area (Å²) in [7, 11) is -0.586. The van der Waals surface area contributed by atoms with E-state index in [-0.39, 0.29) is 6.10 Å². The zero-order chi connectivity index (χ0) is 10.6. The van der Waals surface area contributed by atoms with Crippen LogP contribution >= 0.6 is 0 Å². The van der Waals surface area contributed by atoms with Crippen molar-refractivity contribution < 1.29 is 9.32 Å². The molecule has 1 heterocycles. The van der Waals surface area contributed by atoms with E-state index in [2.05, 4.69) is 5.32 Å². The van der Waals surface area contributed by atoms with Crippen LogP contribution in [-0.4, -0.2) is 39.5 Å². The number of hydrogen-bond acceptors (Lipinski definition) is 3. The topological polar surface area (TPSA) is 49.3 Å². The molecule has 0 amide bonds. The second kappa shape index (κ2) is 5.83. The molecule has 0 aliphatic carbocycles. The van der Waals surface area contributed by atoms with Gasteiger partial charge in [0.15, 0.2) is 0 Å². The molecule has 0 aromatic carbocycles. The van der Waals surface area contributed by atoms with Crippen LogP contribution < -0.4 is 5.32 Å². The summed E-state index contributed by atoms with van der Waals surface area (Å²) in [6.07, 6.45) is 1.71. The predicted molar refractivity (Wildman–Crippen MR) is 59.7 cm³/mol. The Morgan fingerprint density at radius 1 is 1.43 bits per heavy atom. The first kappa shape index (κ1) is 12.1. The zero-order valence-corrected chi connectivity index (χ0v) is 9.85. The lowest BCUT2D eigenvalue weighted by molar-refractivity contribution is 0.119. The summed E-state index contributed by atoms with van der Waals surface area (Å²) in [6.45, 7) is 4.69. The van der Waals surface area contributed by atoms with Crippen LogP contribution in [0.5, 0.6) is 0 Å². The van der Waals surface area contributed by atoms with E-state index < -0.39 is 10.8 Å². The first-order chi connectivity index (χ1) is 6.59. The van der Waals surface area contributed by atoms with Gasteiger partial charge in [-0.2, -0.15) is 0 Å². The van der Waals surface area contributed by atoms with Crippen LogP contribution in [-0.2, 0) is 10.8 Å². The van der Waals surface area contributed by atoms with Crippen molar-refractivity contribution in [3.8, 4) is 0 Å². The Balaban J connectivity index is 2.16. The molecule has 0 aromatic rings. The van der Waals surface area contributed by atoms with E-state index in [1.807, 2.05) is 13.8 Å². The van der Waals surface area contributed by atoms with Gasteiger partial charge in [0.25, 0.3) is 0 Å². The van der Waals surface area contributed by atoms with Gasteiger partial charge < -0.3 is 10.4 Å². The van der Waals surface area contributed by atoms with Gasteiger partial charge >= 0.3 is 0 Å². The molecule has 0 aromatic heterocycles. The first-order valence-electron chi connectivity index (χ1n) is 5.36. The van der Waals surface area contributed by atoms with E-state index in [4.69, 9.17) is 0 Å². The summed E-state index contributed by atoms with van der Waals surface area (Å²) in [5.74, 6) is 1.94. The molecule has 1 rings (SSSR count). The summed E-state index contributed by atoms with van der Waals surface area (Å²) in [5, 5.41) is 12.9. The molecule has 0 radical (unpaired) electrons. The molecule has 1 aliphatic heterocycles. The summed E-state index contributed by atoms with van der Waals surface area (Å²) in [6, 6.07) is 0.459. The molecule has 1 unspecified atom stereocenters. The van der Waals surface area contributed by atoms with Crippen molar-refractivity contribution >= 4 is 10.8 Å². The van der Waals surface area contributed by atoms with E-state index in [1.165, 1.54) is 0 Å². The highest BCUT2D eigenvalue weighted by atomic mass is 32.2. The third kappa shape index (κ3) is 4.07. The number of aliphatic hydroxyl groups is 1. The van der Waals surface area contributed by atoms with Crippen LogP contribution in [0.2, 0.25) is 0 Å². The minimum atomic E-state index is -0.586. The van der Waals surface area contributed by atoms with Gasteiger partial charge in [-0.15, -0.1) is 0 Å². The average molecular weight is 219 g/mol. The third-order valence-electron chi connectivity index (χ3n) is 2.77. The summed E-state index contributed by atoms with van der Waals surface area (Å²) >= 11 is 0. The molecule has 0 bridgehead atoms. The largest absolute Gasteiger partial charge is 0.392 e. The molecular formula is C10H21NO2S. The van der Waals surface area contributed by atoms with Gasteiger partial charge in [-0.3, -0.25) is 4.21 Å². The van der Waals surface area contributed by atoms with Crippen molar-refractivity contribution in [2.45, 2.75) is 38.8 Å². The monoisotopic (exact) mass is 219 g/mol. The minimum Gasteiger partial charge on any atom is -0.392 e. The maximum atomic E-state index is 11.1. The lowest BCUT2D eigenvalue weighted by Gasteiger charge is -2.25. The Morgan fingerprint density at radius 2 is 2.00 bits per heavy atom. The van der Waals surface area contributed by atoms with E-state index >= 15 is 0 Å². The van der Waals surface area contributed by atoms with Crippen molar-refractivity contribution in [3.63, 3.8) is 0 Å². The van der Waals surface area contributed by atoms with Gasteiger partial charge in [0.05, 0.1) is 6.10 Å². The SMILES string of the molecule is CC(C)C(O)CNC1CCS(=O)CC1. The zero-order valence-electron chi connectivity index (χ0n) is 9.03. The molecule has 4 heteroatoms. The van der Waals surface area contributed by atoms with Crippen LogP contribution in [0.15, 0.2) is 0 Å². The van der Waals surface area contributed by atoms with Crippen molar-refractivity contribution in [3.05, 3.63) is 0 Å². The molecule has 1 fully saturated rings. The van der Waals surface area contributed by atoms with Crippen LogP contribution in [0, 0.1) is 5.92 Å². The summed E-state index contributed by atoms with van der Waals surface area (Å²) in [4.78, 5) is 0. The molecule has 3 nitrogen and oxygen atoms in total. The Kier molecular flexibility index (Phi) is 5.06. The normalized spacial score (nSPS) is 30.6. The number of rotatable bonds is 4. The van der Waals surface area contributed by atoms with Crippen LogP contribution in [0.1, 0.15) is 26.7 Å². The molecule has 0 saturated carbocycles. The highest BCUT2D eigenvalue weighted by Gasteiger charge is 2.18. The molecule has 1 saturated heterocycles. The molecule has 2 N–H and O–H groups in total. The van der Waals surface area contributed by atoms with Crippen molar-refractivity contribution in [2.24, 2.45) is 5.92 Å². The molecule has 14 heavy (non-hydrogen) atoms. The summed E-state index contributed by atoms with van der Waals surface area (Å²) < 4.78 is 11.1. The minimum absolute atomic E-state index is 0.262. The van der Waals surface area contributed by atoms with Crippen molar-refractivity contribution in [2.75, 3.05) is 18.1 Å². The fraction of sp³-hybridized carbons (Fsp3) is 1.00. The second-order valence-corrected chi connectivity index (χ2v) is 6.04. The van der Waals surface area contributed by atoms with Gasteiger partial charge in [-0.1, -0.05) is 13.8 Å². The van der Waals surface area contributed by atoms with E-state index in [0.717, 1.165) is 24.3 Å². The Bertz CT molecular complexity index is 187. The van der Waals surface area contributed by atoms with Gasteiger partial charge in [0, 0.05) is 34.9 Å². The van der Waals surface area contributed by atoms with Crippen LogP contribution in [0.25, 0.3) is 0 Å². The maximum absolute atomic E-state index is 11.1. The fourth-order valence-corrected chi connectivity index (χ4v) is 2.82. The highest BCUT2D eigenvalue weighted by molar-refractivity contribution is 7.85. The van der Waals surface area contributed by atoms with Crippen LogP contribution in [0.4, 0.5) is 0 Å². The maximum Gasteiger partial charge on any atom is 0.0687 e.